The Morgan fingerprint density at radius 3 is 2.46 bits per heavy atom. The number of nitrogens with zero attached hydrogens (tertiary/aromatic N) is 1. The fourth-order valence-corrected chi connectivity index (χ4v) is 2.65. The zero-order valence-corrected chi connectivity index (χ0v) is 14.2. The Bertz CT molecular complexity index is 553. The molecule has 1 amide bonds. The smallest absolute Gasteiger partial charge is 0.407 e. The third kappa shape index (κ3) is 5.54. The quantitative estimate of drug-likeness (QED) is 0.905. The van der Waals surface area contributed by atoms with E-state index in [1.807, 2.05) is 25.7 Å². The molecule has 0 unspecified atom stereocenters. The predicted octanol–water partition coefficient (Wildman–Crippen LogP) is 3.78. The number of alkyl carbamates (subject to hydrolysis) is 1. The highest BCUT2D eigenvalue weighted by atomic mass is 19.3. The van der Waals surface area contributed by atoms with Crippen LogP contribution in [0.3, 0.4) is 0 Å². The maximum absolute atomic E-state index is 12.5. The van der Waals surface area contributed by atoms with E-state index in [0.717, 1.165) is 0 Å². The number of carbonyl (C=O) groups is 1. The molecule has 1 aliphatic heterocycles. The Hall–Kier alpha value is -2.05. The van der Waals surface area contributed by atoms with Gasteiger partial charge >= 0.3 is 12.7 Å². The second-order valence-electron chi connectivity index (χ2n) is 6.75. The van der Waals surface area contributed by atoms with Gasteiger partial charge in [-0.2, -0.15) is 8.78 Å². The molecular formula is C17H24F2N2O3. The summed E-state index contributed by atoms with van der Waals surface area (Å²) in [4.78, 5) is 13.8. The lowest BCUT2D eigenvalue weighted by atomic mass is 10.0. The first-order valence-electron chi connectivity index (χ1n) is 8.03. The highest BCUT2D eigenvalue weighted by molar-refractivity contribution is 5.68. The number of ether oxygens (including phenoxy) is 2. The van der Waals surface area contributed by atoms with Gasteiger partial charge in [0.15, 0.2) is 0 Å². The summed E-state index contributed by atoms with van der Waals surface area (Å²) >= 11 is 0. The fraction of sp³-hybridized carbons (Fsp3) is 0.588. The third-order valence-electron chi connectivity index (χ3n) is 3.64. The highest BCUT2D eigenvalue weighted by Gasteiger charge is 2.25. The van der Waals surface area contributed by atoms with E-state index < -0.39 is 18.3 Å². The lowest BCUT2D eigenvalue weighted by Crippen LogP contribution is -2.46. The zero-order valence-electron chi connectivity index (χ0n) is 14.2. The van der Waals surface area contributed by atoms with E-state index >= 15 is 0 Å². The van der Waals surface area contributed by atoms with Gasteiger partial charge in [-0.1, -0.05) is 12.1 Å². The van der Waals surface area contributed by atoms with Crippen LogP contribution < -0.4 is 15.0 Å². The van der Waals surface area contributed by atoms with Gasteiger partial charge in [-0.3, -0.25) is 0 Å². The van der Waals surface area contributed by atoms with E-state index in [-0.39, 0.29) is 11.8 Å². The van der Waals surface area contributed by atoms with Gasteiger partial charge in [-0.05, 0) is 45.7 Å². The summed E-state index contributed by atoms with van der Waals surface area (Å²) in [5.74, 6) is 0.172. The molecule has 1 saturated heterocycles. The Kier molecular flexibility index (Phi) is 5.85. The average Bonchev–Trinajstić information content (AvgIpc) is 2.46. The van der Waals surface area contributed by atoms with E-state index in [1.165, 1.54) is 6.07 Å². The van der Waals surface area contributed by atoms with Gasteiger partial charge in [0.2, 0.25) is 0 Å². The number of halogens is 2. The van der Waals surface area contributed by atoms with E-state index in [0.29, 0.717) is 31.6 Å². The Morgan fingerprint density at radius 1 is 1.25 bits per heavy atom. The zero-order chi connectivity index (χ0) is 17.7. The summed E-state index contributed by atoms with van der Waals surface area (Å²) < 4.78 is 34.8. The van der Waals surface area contributed by atoms with Crippen molar-refractivity contribution in [1.82, 2.24) is 5.32 Å². The Labute approximate surface area is 140 Å². The van der Waals surface area contributed by atoms with Crippen molar-refractivity contribution in [3.63, 3.8) is 0 Å². The molecular weight excluding hydrogens is 318 g/mol. The number of piperidine rings is 1. The largest absolute Gasteiger partial charge is 0.444 e. The van der Waals surface area contributed by atoms with Crippen LogP contribution in [0, 0.1) is 0 Å². The molecule has 1 N–H and O–H groups in total. The molecule has 1 aromatic rings. The second-order valence-corrected chi connectivity index (χ2v) is 6.75. The topological polar surface area (TPSA) is 50.8 Å². The molecule has 134 valence electrons. The number of amides is 1. The molecule has 7 heteroatoms. The van der Waals surface area contributed by atoms with Crippen molar-refractivity contribution in [3.05, 3.63) is 24.3 Å². The average molecular weight is 342 g/mol. The van der Waals surface area contributed by atoms with Crippen LogP contribution in [0.15, 0.2) is 24.3 Å². The molecule has 2 rings (SSSR count). The van der Waals surface area contributed by atoms with Gasteiger partial charge in [0.05, 0.1) is 5.69 Å². The van der Waals surface area contributed by atoms with Crippen LogP contribution >= 0.6 is 0 Å². The number of alkyl halides is 2. The highest BCUT2D eigenvalue weighted by Crippen LogP contribution is 2.31. The predicted molar refractivity (Wildman–Crippen MR) is 87.7 cm³/mol. The number of nitrogens with one attached hydrogen (secondary N) is 1. The fourth-order valence-electron chi connectivity index (χ4n) is 2.65. The number of carbonyl (C=O) groups excluding carboxylic acids is 1. The van der Waals surface area contributed by atoms with Gasteiger partial charge in [0, 0.05) is 19.1 Å². The normalized spacial score (nSPS) is 16.2. The molecule has 0 radical (unpaired) electrons. The first-order valence-corrected chi connectivity index (χ1v) is 8.03. The summed E-state index contributed by atoms with van der Waals surface area (Å²) in [6.07, 6.45) is 0.993. The molecule has 1 heterocycles. The number of benzene rings is 1. The molecule has 1 fully saturated rings. The van der Waals surface area contributed by atoms with Crippen molar-refractivity contribution in [2.45, 2.75) is 51.9 Å². The molecule has 0 bridgehead atoms. The molecule has 1 aliphatic rings. The van der Waals surface area contributed by atoms with Crippen molar-refractivity contribution in [2.75, 3.05) is 18.0 Å². The Balaban J connectivity index is 1.90. The molecule has 0 spiro atoms. The molecule has 1 aromatic carbocycles. The number of anilines is 1. The first-order chi connectivity index (χ1) is 11.2. The van der Waals surface area contributed by atoms with Gasteiger partial charge < -0.3 is 19.7 Å². The number of hydrogen-bond acceptors (Lipinski definition) is 4. The van der Waals surface area contributed by atoms with Gasteiger partial charge in [0.1, 0.15) is 11.4 Å². The van der Waals surface area contributed by atoms with Crippen LogP contribution in [-0.4, -0.2) is 37.4 Å². The molecule has 0 aromatic heterocycles. The minimum absolute atomic E-state index is 0.0132. The lowest BCUT2D eigenvalue weighted by molar-refractivity contribution is -0.0495. The van der Waals surface area contributed by atoms with Crippen molar-refractivity contribution in [2.24, 2.45) is 0 Å². The van der Waals surface area contributed by atoms with Crippen LogP contribution in [0.5, 0.6) is 5.75 Å². The van der Waals surface area contributed by atoms with Crippen LogP contribution in [0.4, 0.5) is 19.3 Å². The summed E-state index contributed by atoms with van der Waals surface area (Å²) in [6.45, 7) is 3.88. The maximum Gasteiger partial charge on any atom is 0.407 e. The molecule has 24 heavy (non-hydrogen) atoms. The molecule has 5 nitrogen and oxygen atoms in total. The van der Waals surface area contributed by atoms with Crippen molar-refractivity contribution in [1.29, 1.82) is 0 Å². The van der Waals surface area contributed by atoms with E-state index in [4.69, 9.17) is 4.74 Å². The second kappa shape index (κ2) is 7.68. The summed E-state index contributed by atoms with van der Waals surface area (Å²) in [5.41, 5.74) is 0.115. The van der Waals surface area contributed by atoms with Crippen molar-refractivity contribution in [3.8, 4) is 5.75 Å². The van der Waals surface area contributed by atoms with Crippen molar-refractivity contribution >= 4 is 11.8 Å². The monoisotopic (exact) mass is 342 g/mol. The van der Waals surface area contributed by atoms with Crippen molar-refractivity contribution < 1.29 is 23.0 Å². The molecule has 0 saturated carbocycles. The summed E-state index contributed by atoms with van der Waals surface area (Å²) in [5, 5.41) is 2.86. The van der Waals surface area contributed by atoms with Crippen LogP contribution in [-0.2, 0) is 4.74 Å². The molecule has 0 aliphatic carbocycles. The maximum atomic E-state index is 12.5. The summed E-state index contributed by atoms with van der Waals surface area (Å²) in [6, 6.07) is 6.77. The SMILES string of the molecule is CC(C)(C)OC(=O)NC1CCN(c2ccccc2OC(F)F)CC1. The minimum atomic E-state index is -2.85. The Morgan fingerprint density at radius 2 is 1.88 bits per heavy atom. The van der Waals surface area contributed by atoms with Crippen LogP contribution in [0.25, 0.3) is 0 Å². The van der Waals surface area contributed by atoms with Gasteiger partial charge in [0.25, 0.3) is 0 Å². The van der Waals surface area contributed by atoms with E-state index in [2.05, 4.69) is 10.1 Å². The molecule has 0 atom stereocenters. The third-order valence-corrected chi connectivity index (χ3v) is 3.64. The van der Waals surface area contributed by atoms with Gasteiger partial charge in [-0.25, -0.2) is 4.79 Å². The minimum Gasteiger partial charge on any atom is -0.444 e. The number of hydrogen-bond donors (Lipinski definition) is 1. The van der Waals surface area contributed by atoms with Gasteiger partial charge in [-0.15, -0.1) is 0 Å². The standard InChI is InChI=1S/C17H24F2N2O3/c1-17(2,3)24-16(22)20-12-8-10-21(11-9-12)13-6-4-5-7-14(13)23-15(18)19/h4-7,12,15H,8-11H2,1-3H3,(H,20,22). The first kappa shape index (κ1) is 18.3. The number of rotatable bonds is 4. The van der Waals surface area contributed by atoms with E-state index in [1.54, 1.807) is 18.2 Å². The number of para-hydroxylation sites is 2. The summed E-state index contributed by atoms with van der Waals surface area (Å²) in [7, 11) is 0. The van der Waals surface area contributed by atoms with E-state index in [9.17, 15) is 13.6 Å². The van der Waals surface area contributed by atoms with Crippen LogP contribution in [0.1, 0.15) is 33.6 Å². The lowest BCUT2D eigenvalue weighted by Gasteiger charge is -2.35. The van der Waals surface area contributed by atoms with Crippen LogP contribution in [0.2, 0.25) is 0 Å².